The van der Waals surface area contributed by atoms with Gasteiger partial charge in [-0.05, 0) is 37.0 Å². The minimum atomic E-state index is -0.0717. The summed E-state index contributed by atoms with van der Waals surface area (Å²) in [6.45, 7) is 7.45. The number of methoxy groups -OCH3 is 1. The second-order valence-electron chi connectivity index (χ2n) is 7.01. The molecule has 0 aliphatic heterocycles. The van der Waals surface area contributed by atoms with Crippen LogP contribution in [0.15, 0.2) is 40.8 Å². The summed E-state index contributed by atoms with van der Waals surface area (Å²) in [5, 5.41) is 3.02. The smallest absolute Gasteiger partial charge is 0.268 e. The zero-order valence-electron chi connectivity index (χ0n) is 15.8. The fraction of sp³-hybridized carbons (Fsp3) is 0.381. The predicted molar refractivity (Wildman–Crippen MR) is 103 cm³/mol. The Hall–Kier alpha value is -2.69. The second-order valence-corrected chi connectivity index (χ2v) is 7.01. The lowest BCUT2D eigenvalue weighted by atomic mass is 10.1. The topological polar surface area (TPSA) is 56.4 Å². The molecular formula is C21H26N2O3. The molecular weight excluding hydrogens is 328 g/mol. The summed E-state index contributed by atoms with van der Waals surface area (Å²) in [5.41, 5.74) is 3.35. The van der Waals surface area contributed by atoms with Crippen LogP contribution in [0.2, 0.25) is 0 Å². The van der Waals surface area contributed by atoms with Gasteiger partial charge in [0.05, 0.1) is 12.6 Å². The number of benzene rings is 1. The molecule has 0 aliphatic rings. The molecule has 0 saturated heterocycles. The highest BCUT2D eigenvalue weighted by Crippen LogP contribution is 2.25. The fourth-order valence-electron chi connectivity index (χ4n) is 3.04. The van der Waals surface area contributed by atoms with Gasteiger partial charge in [-0.1, -0.05) is 26.0 Å². The molecule has 26 heavy (non-hydrogen) atoms. The van der Waals surface area contributed by atoms with Crippen LogP contribution in [0.3, 0.4) is 0 Å². The first-order valence-corrected chi connectivity index (χ1v) is 8.98. The van der Waals surface area contributed by atoms with Crippen molar-refractivity contribution < 1.29 is 13.9 Å². The number of rotatable bonds is 7. The van der Waals surface area contributed by atoms with Gasteiger partial charge in [0.15, 0.2) is 5.58 Å². The lowest BCUT2D eigenvalue weighted by Crippen LogP contribution is -2.27. The highest BCUT2D eigenvalue weighted by atomic mass is 16.5. The molecule has 0 spiro atoms. The molecule has 1 amide bonds. The Morgan fingerprint density at radius 3 is 2.81 bits per heavy atom. The van der Waals surface area contributed by atoms with E-state index < -0.39 is 0 Å². The number of carbonyl (C=O) groups is 1. The molecule has 3 rings (SSSR count). The molecule has 0 unspecified atom stereocenters. The van der Waals surface area contributed by atoms with E-state index in [2.05, 4.69) is 19.2 Å². The van der Waals surface area contributed by atoms with Crippen LogP contribution >= 0.6 is 0 Å². The average Bonchev–Trinajstić information content (AvgIpc) is 3.12. The van der Waals surface area contributed by atoms with Crippen molar-refractivity contribution in [3.8, 4) is 5.75 Å². The van der Waals surface area contributed by atoms with Crippen LogP contribution in [0.5, 0.6) is 5.75 Å². The number of aromatic nitrogens is 1. The summed E-state index contributed by atoms with van der Waals surface area (Å²) in [6, 6.07) is 11.7. The Balaban J connectivity index is 1.91. The standard InChI is InChI=1S/C21H26N2O3/c1-14(2)8-9-22-21(24)19-12-20-18(10-15(3)26-20)23(19)13-16-6-5-7-17(11-16)25-4/h5-7,10-12,14H,8-9,13H2,1-4H3,(H,22,24). The van der Waals surface area contributed by atoms with Crippen LogP contribution in [-0.4, -0.2) is 24.1 Å². The third kappa shape index (κ3) is 3.93. The average molecular weight is 354 g/mol. The Labute approximate surface area is 153 Å². The quantitative estimate of drug-likeness (QED) is 0.685. The van der Waals surface area contributed by atoms with Gasteiger partial charge in [-0.3, -0.25) is 4.79 Å². The van der Waals surface area contributed by atoms with Crippen LogP contribution in [0.1, 0.15) is 42.1 Å². The molecule has 0 atom stereocenters. The summed E-state index contributed by atoms with van der Waals surface area (Å²) in [6.07, 6.45) is 0.956. The van der Waals surface area contributed by atoms with E-state index in [4.69, 9.17) is 9.15 Å². The number of nitrogens with zero attached hydrogens (tertiary/aromatic N) is 1. The summed E-state index contributed by atoms with van der Waals surface area (Å²) >= 11 is 0. The van der Waals surface area contributed by atoms with Crippen molar-refractivity contribution >= 4 is 17.0 Å². The highest BCUT2D eigenvalue weighted by Gasteiger charge is 2.18. The summed E-state index contributed by atoms with van der Waals surface area (Å²) in [7, 11) is 1.65. The van der Waals surface area contributed by atoms with Crippen molar-refractivity contribution in [2.45, 2.75) is 33.7 Å². The maximum absolute atomic E-state index is 12.7. The number of amides is 1. The minimum Gasteiger partial charge on any atom is -0.497 e. The van der Waals surface area contributed by atoms with Crippen molar-refractivity contribution in [1.82, 2.24) is 9.88 Å². The molecule has 2 aromatic heterocycles. The zero-order chi connectivity index (χ0) is 18.7. The van der Waals surface area contributed by atoms with Gasteiger partial charge in [0, 0.05) is 25.2 Å². The lowest BCUT2D eigenvalue weighted by Gasteiger charge is -2.12. The van der Waals surface area contributed by atoms with Crippen LogP contribution in [0.4, 0.5) is 0 Å². The molecule has 3 aromatic rings. The van der Waals surface area contributed by atoms with Crippen LogP contribution in [0, 0.1) is 12.8 Å². The molecule has 1 N–H and O–H groups in total. The first kappa shape index (κ1) is 18.1. The molecule has 0 radical (unpaired) electrons. The SMILES string of the molecule is COc1cccc(Cn2c(C(=O)NCCC(C)C)cc3oc(C)cc32)c1. The normalized spacial score (nSPS) is 11.3. The summed E-state index contributed by atoms with van der Waals surface area (Å²) in [4.78, 5) is 12.7. The number of carbonyl (C=O) groups excluding carboxylic acids is 1. The van der Waals surface area contributed by atoms with E-state index in [1.807, 2.05) is 47.9 Å². The first-order chi connectivity index (χ1) is 12.5. The van der Waals surface area contributed by atoms with Gasteiger partial charge >= 0.3 is 0 Å². The van der Waals surface area contributed by atoms with E-state index in [0.717, 1.165) is 34.6 Å². The number of hydrogen-bond donors (Lipinski definition) is 1. The number of aryl methyl sites for hydroxylation is 1. The van der Waals surface area contributed by atoms with Gasteiger partial charge in [-0.25, -0.2) is 0 Å². The lowest BCUT2D eigenvalue weighted by molar-refractivity contribution is 0.0943. The molecule has 2 heterocycles. The molecule has 138 valence electrons. The molecule has 5 heteroatoms. The van der Waals surface area contributed by atoms with Gasteiger partial charge in [-0.15, -0.1) is 0 Å². The van der Waals surface area contributed by atoms with E-state index in [1.165, 1.54) is 0 Å². The third-order valence-electron chi connectivity index (χ3n) is 4.43. The Kier molecular flexibility index (Phi) is 5.35. The van der Waals surface area contributed by atoms with Crippen molar-refractivity contribution in [1.29, 1.82) is 0 Å². The fourth-order valence-corrected chi connectivity index (χ4v) is 3.04. The number of ether oxygens (including phenoxy) is 1. The van der Waals surface area contributed by atoms with Crippen LogP contribution in [0.25, 0.3) is 11.1 Å². The Morgan fingerprint density at radius 2 is 2.08 bits per heavy atom. The van der Waals surface area contributed by atoms with Crippen LogP contribution in [-0.2, 0) is 6.54 Å². The van der Waals surface area contributed by atoms with Gasteiger partial charge in [0.1, 0.15) is 17.2 Å². The number of furan rings is 1. The number of fused-ring (bicyclic) bond motifs is 1. The zero-order valence-corrected chi connectivity index (χ0v) is 15.8. The van der Waals surface area contributed by atoms with Gasteiger partial charge < -0.3 is 19.0 Å². The van der Waals surface area contributed by atoms with E-state index >= 15 is 0 Å². The molecule has 0 fully saturated rings. The van der Waals surface area contributed by atoms with E-state index in [0.29, 0.717) is 24.7 Å². The van der Waals surface area contributed by atoms with E-state index in [-0.39, 0.29) is 5.91 Å². The van der Waals surface area contributed by atoms with Gasteiger partial charge in [0.25, 0.3) is 5.91 Å². The van der Waals surface area contributed by atoms with E-state index in [1.54, 1.807) is 7.11 Å². The third-order valence-corrected chi connectivity index (χ3v) is 4.43. The van der Waals surface area contributed by atoms with E-state index in [9.17, 15) is 4.79 Å². The molecule has 0 bridgehead atoms. The Bertz CT molecular complexity index is 905. The maximum Gasteiger partial charge on any atom is 0.268 e. The van der Waals surface area contributed by atoms with Gasteiger partial charge in [-0.2, -0.15) is 0 Å². The summed E-state index contributed by atoms with van der Waals surface area (Å²) < 4.78 is 13.1. The van der Waals surface area contributed by atoms with Crippen LogP contribution < -0.4 is 10.1 Å². The van der Waals surface area contributed by atoms with Gasteiger partial charge in [0.2, 0.25) is 0 Å². The van der Waals surface area contributed by atoms with Crippen molar-refractivity contribution in [3.63, 3.8) is 0 Å². The summed E-state index contributed by atoms with van der Waals surface area (Å²) in [5.74, 6) is 2.12. The first-order valence-electron chi connectivity index (χ1n) is 8.98. The second kappa shape index (κ2) is 7.68. The van der Waals surface area contributed by atoms with Crippen molar-refractivity contribution in [2.24, 2.45) is 5.92 Å². The van der Waals surface area contributed by atoms with Crippen molar-refractivity contribution in [3.05, 3.63) is 53.4 Å². The monoisotopic (exact) mass is 354 g/mol. The largest absolute Gasteiger partial charge is 0.497 e. The predicted octanol–water partition coefficient (Wildman–Crippen LogP) is 4.38. The number of hydrogen-bond acceptors (Lipinski definition) is 3. The highest BCUT2D eigenvalue weighted by molar-refractivity contribution is 5.97. The molecule has 0 aliphatic carbocycles. The minimum absolute atomic E-state index is 0.0717. The Morgan fingerprint density at radius 1 is 1.27 bits per heavy atom. The maximum atomic E-state index is 12.7. The molecule has 5 nitrogen and oxygen atoms in total. The van der Waals surface area contributed by atoms with Crippen molar-refractivity contribution in [2.75, 3.05) is 13.7 Å². The molecule has 0 saturated carbocycles. The number of nitrogens with one attached hydrogen (secondary N) is 1. The molecule has 1 aromatic carbocycles.